The SMILES string of the molecule is CC1CC[C@]2(O)C(C=O)=CO[C@@H](O[C@@H]3O[C@H](CO)[C@@H](O)[C@H](O)[C@H]3O)[C@H]12. The van der Waals surface area contributed by atoms with E-state index >= 15 is 0 Å². The fourth-order valence-electron chi connectivity index (χ4n) is 3.98. The topological polar surface area (TPSA) is 146 Å². The van der Waals surface area contributed by atoms with Crippen molar-refractivity contribution in [3.8, 4) is 0 Å². The summed E-state index contributed by atoms with van der Waals surface area (Å²) in [6.07, 6.45) is -5.40. The number of aldehydes is 1. The summed E-state index contributed by atoms with van der Waals surface area (Å²) in [5.74, 6) is -0.589. The van der Waals surface area contributed by atoms with E-state index in [4.69, 9.17) is 14.2 Å². The lowest BCUT2D eigenvalue weighted by Crippen LogP contribution is -2.61. The minimum Gasteiger partial charge on any atom is -0.471 e. The van der Waals surface area contributed by atoms with Gasteiger partial charge in [0.05, 0.1) is 24.4 Å². The highest BCUT2D eigenvalue weighted by Gasteiger charge is 2.56. The van der Waals surface area contributed by atoms with Crippen LogP contribution in [-0.2, 0) is 19.0 Å². The molecule has 0 aromatic heterocycles. The first-order valence-electron chi connectivity index (χ1n) is 8.33. The molecule has 1 saturated carbocycles. The van der Waals surface area contributed by atoms with E-state index in [1.165, 1.54) is 0 Å². The first-order valence-corrected chi connectivity index (χ1v) is 8.33. The first kappa shape index (κ1) is 18.7. The molecule has 5 N–H and O–H groups in total. The molecule has 0 amide bonds. The standard InChI is InChI=1S/C16H24O9/c1-7-2-3-16(22)8(4-17)6-23-14(10(7)16)25-15-13(21)12(20)11(19)9(5-18)24-15/h4,6-7,9-15,18-22H,2-3,5H2,1H3/t7?,9-,10+,11-,12+,13-,14+,15+,16+/m1/s1. The van der Waals surface area contributed by atoms with Gasteiger partial charge >= 0.3 is 0 Å². The highest BCUT2D eigenvalue weighted by Crippen LogP contribution is 2.49. The van der Waals surface area contributed by atoms with Gasteiger partial charge in [0, 0.05) is 0 Å². The van der Waals surface area contributed by atoms with Crippen LogP contribution in [0.25, 0.3) is 0 Å². The van der Waals surface area contributed by atoms with Crippen molar-refractivity contribution in [3.63, 3.8) is 0 Å². The summed E-state index contributed by atoms with van der Waals surface area (Å²) in [5.41, 5.74) is -1.26. The van der Waals surface area contributed by atoms with Crippen LogP contribution in [0.15, 0.2) is 11.8 Å². The Hall–Kier alpha value is -1.07. The molecule has 1 unspecified atom stereocenters. The molecule has 9 atom stereocenters. The molecular weight excluding hydrogens is 336 g/mol. The van der Waals surface area contributed by atoms with Crippen molar-refractivity contribution in [2.45, 2.75) is 62.4 Å². The van der Waals surface area contributed by atoms with Gasteiger partial charge in [-0.1, -0.05) is 6.92 Å². The highest BCUT2D eigenvalue weighted by molar-refractivity contribution is 5.76. The van der Waals surface area contributed by atoms with E-state index in [1.807, 2.05) is 6.92 Å². The quantitative estimate of drug-likeness (QED) is 0.360. The maximum absolute atomic E-state index is 11.2. The Bertz CT molecular complexity index is 536. The lowest BCUT2D eigenvalue weighted by atomic mass is 9.80. The van der Waals surface area contributed by atoms with E-state index in [9.17, 15) is 30.3 Å². The molecule has 2 aliphatic heterocycles. The molecule has 142 valence electrons. The number of carbonyl (C=O) groups excluding carboxylic acids is 1. The average molecular weight is 360 g/mol. The third kappa shape index (κ3) is 2.99. The van der Waals surface area contributed by atoms with Crippen molar-refractivity contribution in [1.29, 1.82) is 0 Å². The van der Waals surface area contributed by atoms with E-state index in [2.05, 4.69) is 0 Å². The van der Waals surface area contributed by atoms with Crippen LogP contribution >= 0.6 is 0 Å². The Balaban J connectivity index is 1.80. The Morgan fingerprint density at radius 1 is 1.28 bits per heavy atom. The summed E-state index contributed by atoms with van der Waals surface area (Å²) >= 11 is 0. The Morgan fingerprint density at radius 3 is 2.64 bits per heavy atom. The smallest absolute Gasteiger partial charge is 0.207 e. The van der Waals surface area contributed by atoms with Gasteiger partial charge in [-0.05, 0) is 18.8 Å². The van der Waals surface area contributed by atoms with Crippen LogP contribution < -0.4 is 0 Å². The van der Waals surface area contributed by atoms with Gasteiger partial charge in [-0.25, -0.2) is 0 Å². The number of hydrogen-bond acceptors (Lipinski definition) is 9. The zero-order chi connectivity index (χ0) is 18.4. The number of hydrogen-bond donors (Lipinski definition) is 5. The van der Waals surface area contributed by atoms with Crippen molar-refractivity contribution in [2.75, 3.05) is 6.61 Å². The second-order valence-electron chi connectivity index (χ2n) is 6.99. The number of fused-ring (bicyclic) bond motifs is 1. The van der Waals surface area contributed by atoms with Gasteiger partial charge in [-0.2, -0.15) is 0 Å². The lowest BCUT2D eigenvalue weighted by molar-refractivity contribution is -0.346. The van der Waals surface area contributed by atoms with E-state index in [0.717, 1.165) is 6.26 Å². The molecule has 0 aromatic rings. The van der Waals surface area contributed by atoms with E-state index in [0.29, 0.717) is 19.1 Å². The van der Waals surface area contributed by atoms with Crippen molar-refractivity contribution in [1.82, 2.24) is 0 Å². The average Bonchev–Trinajstić information content (AvgIpc) is 2.91. The van der Waals surface area contributed by atoms with Crippen molar-refractivity contribution in [2.24, 2.45) is 11.8 Å². The Morgan fingerprint density at radius 2 is 2.00 bits per heavy atom. The van der Waals surface area contributed by atoms with Crippen molar-refractivity contribution >= 4 is 6.29 Å². The van der Waals surface area contributed by atoms with Crippen LogP contribution in [0.3, 0.4) is 0 Å². The van der Waals surface area contributed by atoms with Crippen LogP contribution in [-0.4, -0.2) is 81.0 Å². The lowest BCUT2D eigenvalue weighted by Gasteiger charge is -2.44. The van der Waals surface area contributed by atoms with Crippen LogP contribution in [0.4, 0.5) is 0 Å². The summed E-state index contributed by atoms with van der Waals surface area (Å²) in [6.45, 7) is 1.32. The maximum Gasteiger partial charge on any atom is 0.207 e. The normalized spacial score (nSPS) is 49.9. The molecule has 0 aromatic carbocycles. The molecule has 9 heteroatoms. The molecule has 0 radical (unpaired) electrons. The summed E-state index contributed by atoms with van der Waals surface area (Å²) in [5, 5.41) is 49.9. The minimum absolute atomic E-state index is 0.0245. The van der Waals surface area contributed by atoms with Crippen molar-refractivity contribution < 1.29 is 44.5 Å². The molecule has 2 heterocycles. The van der Waals surface area contributed by atoms with E-state index < -0.39 is 55.1 Å². The molecule has 3 rings (SSSR count). The molecule has 0 spiro atoms. The fraction of sp³-hybridized carbons (Fsp3) is 0.812. The predicted molar refractivity (Wildman–Crippen MR) is 80.7 cm³/mol. The molecule has 1 saturated heterocycles. The largest absolute Gasteiger partial charge is 0.471 e. The number of ether oxygens (including phenoxy) is 3. The molecule has 25 heavy (non-hydrogen) atoms. The zero-order valence-electron chi connectivity index (χ0n) is 13.8. The van der Waals surface area contributed by atoms with Crippen molar-refractivity contribution in [3.05, 3.63) is 11.8 Å². The number of aliphatic hydroxyl groups is 5. The minimum atomic E-state index is -1.57. The van der Waals surface area contributed by atoms with Gasteiger partial charge in [0.2, 0.25) is 6.29 Å². The summed E-state index contributed by atoms with van der Waals surface area (Å²) in [4.78, 5) is 11.2. The third-order valence-corrected chi connectivity index (χ3v) is 5.51. The van der Waals surface area contributed by atoms with Gasteiger partial charge in [-0.15, -0.1) is 0 Å². The van der Waals surface area contributed by atoms with E-state index in [-0.39, 0.29) is 11.5 Å². The summed E-state index contributed by atoms with van der Waals surface area (Å²) in [7, 11) is 0. The Kier molecular flexibility index (Phi) is 5.18. The third-order valence-electron chi connectivity index (χ3n) is 5.51. The fourth-order valence-corrected chi connectivity index (χ4v) is 3.98. The molecule has 9 nitrogen and oxygen atoms in total. The number of aliphatic hydroxyl groups excluding tert-OH is 4. The summed E-state index contributed by atoms with van der Waals surface area (Å²) < 4.78 is 16.4. The summed E-state index contributed by atoms with van der Waals surface area (Å²) in [6, 6.07) is 0. The van der Waals surface area contributed by atoms with Crippen LogP contribution in [0, 0.1) is 11.8 Å². The monoisotopic (exact) mass is 360 g/mol. The zero-order valence-corrected chi connectivity index (χ0v) is 13.8. The van der Waals surface area contributed by atoms with Gasteiger partial charge in [0.15, 0.2) is 12.6 Å². The first-order chi connectivity index (χ1) is 11.8. The van der Waals surface area contributed by atoms with Gasteiger partial charge in [-0.3, -0.25) is 4.79 Å². The van der Waals surface area contributed by atoms with Crippen LogP contribution in [0.2, 0.25) is 0 Å². The predicted octanol–water partition coefficient (Wildman–Crippen LogP) is -1.98. The van der Waals surface area contributed by atoms with Crippen LogP contribution in [0.1, 0.15) is 19.8 Å². The molecular formula is C16H24O9. The number of carbonyl (C=O) groups is 1. The number of rotatable bonds is 4. The molecule has 2 fully saturated rings. The maximum atomic E-state index is 11.2. The van der Waals surface area contributed by atoms with Crippen LogP contribution in [0.5, 0.6) is 0 Å². The molecule has 1 aliphatic carbocycles. The highest BCUT2D eigenvalue weighted by atomic mass is 16.8. The molecule has 3 aliphatic rings. The second kappa shape index (κ2) is 6.92. The Labute approximate surface area is 144 Å². The van der Waals surface area contributed by atoms with Gasteiger partial charge < -0.3 is 39.7 Å². The van der Waals surface area contributed by atoms with E-state index in [1.54, 1.807) is 0 Å². The van der Waals surface area contributed by atoms with Gasteiger partial charge in [0.1, 0.15) is 30.0 Å². The van der Waals surface area contributed by atoms with Gasteiger partial charge in [0.25, 0.3) is 0 Å². The molecule has 0 bridgehead atoms. The second-order valence-corrected chi connectivity index (χ2v) is 6.99.